The van der Waals surface area contributed by atoms with E-state index in [-0.39, 0.29) is 18.4 Å². The Morgan fingerprint density at radius 1 is 1.07 bits per heavy atom. The third-order valence-corrected chi connectivity index (χ3v) is 4.44. The first kappa shape index (κ1) is 17.8. The second-order valence-electron chi connectivity index (χ2n) is 6.29. The summed E-state index contributed by atoms with van der Waals surface area (Å²) in [4.78, 5) is 20.9. The standard InChI is InChI=1S/C21H20N4O3/c1-2-15-5-3-4-6-16(15)25-21(26)17-11-24-20(12-22-17)23-10-14-7-8-18-19(9-14)28-13-27-18/h3-9,11-12H,2,10,13H2,1H3,(H,23,24)(H,25,26). The molecular weight excluding hydrogens is 356 g/mol. The van der Waals surface area contributed by atoms with Crippen molar-refractivity contribution in [2.45, 2.75) is 19.9 Å². The molecule has 2 aromatic carbocycles. The average molecular weight is 376 g/mol. The van der Waals surface area contributed by atoms with Gasteiger partial charge in [0, 0.05) is 12.2 Å². The van der Waals surface area contributed by atoms with Gasteiger partial charge in [-0.2, -0.15) is 0 Å². The molecular formula is C21H20N4O3. The molecule has 1 amide bonds. The fraction of sp³-hybridized carbons (Fsp3) is 0.190. The predicted octanol–water partition coefficient (Wildman–Crippen LogP) is 3.63. The number of nitrogens with one attached hydrogen (secondary N) is 2. The van der Waals surface area contributed by atoms with Gasteiger partial charge in [-0.3, -0.25) is 4.79 Å². The first-order chi connectivity index (χ1) is 13.7. The number of benzene rings is 2. The van der Waals surface area contributed by atoms with Crippen LogP contribution in [0.25, 0.3) is 0 Å². The molecule has 1 aliphatic heterocycles. The van der Waals surface area contributed by atoms with Crippen LogP contribution in [0.15, 0.2) is 54.9 Å². The number of para-hydroxylation sites is 1. The summed E-state index contributed by atoms with van der Waals surface area (Å²) in [5, 5.41) is 6.08. The molecule has 0 spiro atoms. The zero-order chi connectivity index (χ0) is 19.3. The van der Waals surface area contributed by atoms with Crippen molar-refractivity contribution in [1.29, 1.82) is 0 Å². The molecule has 1 aliphatic rings. The number of ether oxygens (including phenoxy) is 2. The van der Waals surface area contributed by atoms with E-state index in [1.54, 1.807) is 6.20 Å². The number of rotatable bonds is 6. The van der Waals surface area contributed by atoms with Crippen LogP contribution in [0.1, 0.15) is 28.5 Å². The number of carbonyl (C=O) groups excluding carboxylic acids is 1. The fourth-order valence-corrected chi connectivity index (χ4v) is 2.92. The number of aromatic nitrogens is 2. The van der Waals surface area contributed by atoms with Gasteiger partial charge >= 0.3 is 0 Å². The highest BCUT2D eigenvalue weighted by Crippen LogP contribution is 2.32. The van der Waals surface area contributed by atoms with Gasteiger partial charge < -0.3 is 20.1 Å². The minimum absolute atomic E-state index is 0.254. The summed E-state index contributed by atoms with van der Waals surface area (Å²) >= 11 is 0. The summed E-state index contributed by atoms with van der Waals surface area (Å²) in [6, 6.07) is 13.5. The number of fused-ring (bicyclic) bond motifs is 1. The second kappa shape index (κ2) is 7.96. The Hall–Kier alpha value is -3.61. The van der Waals surface area contributed by atoms with Crippen molar-refractivity contribution in [3.63, 3.8) is 0 Å². The molecule has 0 unspecified atom stereocenters. The average Bonchev–Trinajstić information content (AvgIpc) is 3.21. The molecule has 0 radical (unpaired) electrons. The third kappa shape index (κ3) is 3.88. The van der Waals surface area contributed by atoms with Gasteiger partial charge in [-0.1, -0.05) is 31.2 Å². The number of aryl methyl sites for hydroxylation is 1. The first-order valence-corrected chi connectivity index (χ1v) is 9.06. The lowest BCUT2D eigenvalue weighted by molar-refractivity contribution is 0.102. The lowest BCUT2D eigenvalue weighted by atomic mass is 10.1. The molecule has 0 atom stereocenters. The maximum Gasteiger partial charge on any atom is 0.275 e. The molecule has 142 valence electrons. The minimum Gasteiger partial charge on any atom is -0.454 e. The topological polar surface area (TPSA) is 85.4 Å². The van der Waals surface area contributed by atoms with Gasteiger partial charge in [0.25, 0.3) is 5.91 Å². The molecule has 0 aliphatic carbocycles. The molecule has 7 nitrogen and oxygen atoms in total. The Bertz CT molecular complexity index is 989. The van der Waals surface area contributed by atoms with Gasteiger partial charge in [0.1, 0.15) is 11.5 Å². The highest BCUT2D eigenvalue weighted by molar-refractivity contribution is 6.03. The van der Waals surface area contributed by atoms with Gasteiger partial charge in [0.15, 0.2) is 11.5 Å². The Morgan fingerprint density at radius 2 is 1.93 bits per heavy atom. The highest BCUT2D eigenvalue weighted by Gasteiger charge is 2.13. The Morgan fingerprint density at radius 3 is 2.75 bits per heavy atom. The van der Waals surface area contributed by atoms with Crippen molar-refractivity contribution >= 4 is 17.4 Å². The van der Waals surface area contributed by atoms with E-state index in [2.05, 4.69) is 20.6 Å². The SMILES string of the molecule is CCc1ccccc1NC(=O)c1cnc(NCc2ccc3c(c2)OCO3)cn1. The molecule has 2 N–H and O–H groups in total. The van der Waals surface area contributed by atoms with Gasteiger partial charge in [-0.25, -0.2) is 9.97 Å². The van der Waals surface area contributed by atoms with Gasteiger partial charge in [0.05, 0.1) is 12.4 Å². The Kier molecular flexibility index (Phi) is 5.05. The Labute approximate surface area is 162 Å². The number of anilines is 2. The van der Waals surface area contributed by atoms with E-state index >= 15 is 0 Å². The normalized spacial score (nSPS) is 11.9. The predicted molar refractivity (Wildman–Crippen MR) is 106 cm³/mol. The number of carbonyl (C=O) groups is 1. The quantitative estimate of drug-likeness (QED) is 0.683. The van der Waals surface area contributed by atoms with E-state index in [0.29, 0.717) is 12.4 Å². The molecule has 0 saturated heterocycles. The van der Waals surface area contributed by atoms with Crippen LogP contribution < -0.4 is 20.1 Å². The molecule has 28 heavy (non-hydrogen) atoms. The molecule has 0 fully saturated rings. The monoisotopic (exact) mass is 376 g/mol. The highest BCUT2D eigenvalue weighted by atomic mass is 16.7. The summed E-state index contributed by atoms with van der Waals surface area (Å²) in [7, 11) is 0. The molecule has 3 aromatic rings. The summed E-state index contributed by atoms with van der Waals surface area (Å²) in [6.07, 6.45) is 3.85. The van der Waals surface area contributed by atoms with Crippen LogP contribution in [0.2, 0.25) is 0 Å². The van der Waals surface area contributed by atoms with Crippen molar-refractivity contribution in [2.75, 3.05) is 17.4 Å². The fourth-order valence-electron chi connectivity index (χ4n) is 2.92. The zero-order valence-electron chi connectivity index (χ0n) is 15.4. The van der Waals surface area contributed by atoms with Crippen molar-refractivity contribution in [3.8, 4) is 11.5 Å². The van der Waals surface area contributed by atoms with E-state index < -0.39 is 0 Å². The van der Waals surface area contributed by atoms with Crippen molar-refractivity contribution in [3.05, 3.63) is 71.7 Å². The largest absolute Gasteiger partial charge is 0.454 e. The minimum atomic E-state index is -0.282. The van der Waals surface area contributed by atoms with E-state index in [1.807, 2.05) is 49.4 Å². The number of hydrogen-bond acceptors (Lipinski definition) is 6. The van der Waals surface area contributed by atoms with Gasteiger partial charge in [0.2, 0.25) is 6.79 Å². The zero-order valence-corrected chi connectivity index (χ0v) is 15.4. The van der Waals surface area contributed by atoms with E-state index in [0.717, 1.165) is 34.7 Å². The van der Waals surface area contributed by atoms with Crippen molar-refractivity contribution in [1.82, 2.24) is 9.97 Å². The second-order valence-corrected chi connectivity index (χ2v) is 6.29. The van der Waals surface area contributed by atoms with Gasteiger partial charge in [-0.05, 0) is 35.7 Å². The smallest absolute Gasteiger partial charge is 0.275 e. The van der Waals surface area contributed by atoms with Crippen LogP contribution in [-0.4, -0.2) is 22.7 Å². The lowest BCUT2D eigenvalue weighted by Crippen LogP contribution is -2.15. The maximum absolute atomic E-state index is 12.4. The summed E-state index contributed by atoms with van der Waals surface area (Å²) < 4.78 is 10.7. The number of amides is 1. The number of nitrogens with zero attached hydrogens (tertiary/aromatic N) is 2. The summed E-state index contributed by atoms with van der Waals surface area (Å²) in [5.74, 6) is 1.80. The molecule has 0 bridgehead atoms. The maximum atomic E-state index is 12.4. The van der Waals surface area contributed by atoms with Crippen LogP contribution in [0.5, 0.6) is 11.5 Å². The van der Waals surface area contributed by atoms with E-state index in [4.69, 9.17) is 9.47 Å². The lowest BCUT2D eigenvalue weighted by Gasteiger charge is -2.10. The van der Waals surface area contributed by atoms with Crippen molar-refractivity contribution < 1.29 is 14.3 Å². The van der Waals surface area contributed by atoms with Crippen LogP contribution >= 0.6 is 0 Å². The Balaban J connectivity index is 1.37. The molecule has 7 heteroatoms. The van der Waals surface area contributed by atoms with Crippen LogP contribution in [0, 0.1) is 0 Å². The van der Waals surface area contributed by atoms with Crippen LogP contribution in [-0.2, 0) is 13.0 Å². The first-order valence-electron chi connectivity index (χ1n) is 9.06. The summed E-state index contributed by atoms with van der Waals surface area (Å²) in [5.41, 5.74) is 3.16. The molecule has 2 heterocycles. The van der Waals surface area contributed by atoms with E-state index in [1.165, 1.54) is 6.20 Å². The van der Waals surface area contributed by atoms with Crippen molar-refractivity contribution in [2.24, 2.45) is 0 Å². The van der Waals surface area contributed by atoms with Gasteiger partial charge in [-0.15, -0.1) is 0 Å². The third-order valence-electron chi connectivity index (χ3n) is 4.44. The molecule has 0 saturated carbocycles. The van der Waals surface area contributed by atoms with E-state index in [9.17, 15) is 4.79 Å². The van der Waals surface area contributed by atoms with Crippen LogP contribution in [0.4, 0.5) is 11.5 Å². The molecule has 4 rings (SSSR count). The molecule has 1 aromatic heterocycles. The van der Waals surface area contributed by atoms with Crippen LogP contribution in [0.3, 0.4) is 0 Å². The summed E-state index contributed by atoms with van der Waals surface area (Å²) in [6.45, 7) is 2.86. The number of hydrogen-bond donors (Lipinski definition) is 2.